The molecule has 0 aliphatic carbocycles. The van der Waals surface area contributed by atoms with Crippen LogP contribution in [-0.4, -0.2) is 39.4 Å². The van der Waals surface area contributed by atoms with Crippen molar-refractivity contribution in [2.45, 2.75) is 24.7 Å². The van der Waals surface area contributed by atoms with Crippen molar-refractivity contribution < 1.29 is 12.8 Å². The number of nitrogens with one attached hydrogen (secondary N) is 1. The number of aryl methyl sites for hydroxylation is 1. The van der Waals surface area contributed by atoms with Crippen molar-refractivity contribution in [3.05, 3.63) is 28.0 Å². The molecule has 0 amide bonds. The van der Waals surface area contributed by atoms with Gasteiger partial charge in [0, 0.05) is 13.1 Å². The average Bonchev–Trinajstić information content (AvgIpc) is 2.43. The quantitative estimate of drug-likeness (QED) is 0.822. The molecule has 1 saturated heterocycles. The molecule has 0 radical (unpaired) electrons. The molecule has 1 heterocycles. The molecule has 1 fully saturated rings. The lowest BCUT2D eigenvalue weighted by Gasteiger charge is -2.32. The lowest BCUT2D eigenvalue weighted by Crippen LogP contribution is -2.42. The lowest BCUT2D eigenvalue weighted by atomic mass is 10.00. The maximum Gasteiger partial charge on any atom is 0.243 e. The molecule has 1 unspecified atom stereocenters. The molecule has 1 aromatic rings. The molecule has 1 N–H and O–H groups in total. The van der Waals surface area contributed by atoms with E-state index in [1.54, 1.807) is 6.92 Å². The normalized spacial score (nSPS) is 19.7. The molecule has 0 bridgehead atoms. The van der Waals surface area contributed by atoms with E-state index in [0.29, 0.717) is 24.6 Å². The standard InChI is InChI=1S/C14H20BrFN2O2S.ClH/c1-10-6-13(16)12(15)7-14(10)21(19,20)18-5-3-4-11(9-18)8-17-2;/h6-7,11,17H,3-5,8-9H2,1-2H3;1H. The van der Waals surface area contributed by atoms with E-state index < -0.39 is 15.8 Å². The Morgan fingerprint density at radius 2 is 2.14 bits per heavy atom. The van der Waals surface area contributed by atoms with Crippen LogP contribution in [0.3, 0.4) is 0 Å². The Balaban J connectivity index is 0.00000242. The fourth-order valence-corrected chi connectivity index (χ4v) is 5.03. The number of rotatable bonds is 4. The third-order valence-electron chi connectivity index (χ3n) is 3.81. The Hall–Kier alpha value is -0.210. The Labute approximate surface area is 146 Å². The summed E-state index contributed by atoms with van der Waals surface area (Å²) in [6.07, 6.45) is 1.88. The van der Waals surface area contributed by atoms with Crippen molar-refractivity contribution in [1.82, 2.24) is 9.62 Å². The van der Waals surface area contributed by atoms with Gasteiger partial charge in [-0.2, -0.15) is 4.31 Å². The highest BCUT2D eigenvalue weighted by atomic mass is 79.9. The van der Waals surface area contributed by atoms with E-state index in [1.165, 1.54) is 16.4 Å². The zero-order valence-corrected chi connectivity index (χ0v) is 15.8. The first kappa shape index (κ1) is 19.8. The predicted octanol–water partition coefficient (Wildman–Crippen LogP) is 2.94. The highest BCUT2D eigenvalue weighted by Crippen LogP contribution is 2.29. The van der Waals surface area contributed by atoms with Crippen molar-refractivity contribution in [2.75, 3.05) is 26.7 Å². The van der Waals surface area contributed by atoms with Gasteiger partial charge in [-0.1, -0.05) is 0 Å². The fourth-order valence-electron chi connectivity index (χ4n) is 2.75. The first-order valence-corrected chi connectivity index (χ1v) is 9.20. The highest BCUT2D eigenvalue weighted by molar-refractivity contribution is 9.10. The maximum absolute atomic E-state index is 13.5. The molecule has 0 aromatic heterocycles. The summed E-state index contributed by atoms with van der Waals surface area (Å²) in [6.45, 7) is 3.46. The summed E-state index contributed by atoms with van der Waals surface area (Å²) in [4.78, 5) is 0.181. The van der Waals surface area contributed by atoms with Crippen LogP contribution in [0.5, 0.6) is 0 Å². The monoisotopic (exact) mass is 414 g/mol. The molecule has 22 heavy (non-hydrogen) atoms. The maximum atomic E-state index is 13.5. The molecule has 0 spiro atoms. The SMILES string of the molecule is CNCC1CCCN(S(=O)(=O)c2cc(Br)c(F)cc2C)C1.Cl. The van der Waals surface area contributed by atoms with Gasteiger partial charge in [-0.3, -0.25) is 0 Å². The Morgan fingerprint density at radius 3 is 2.77 bits per heavy atom. The Morgan fingerprint density at radius 1 is 1.45 bits per heavy atom. The van der Waals surface area contributed by atoms with E-state index in [2.05, 4.69) is 21.2 Å². The largest absolute Gasteiger partial charge is 0.319 e. The average molecular weight is 416 g/mol. The summed E-state index contributed by atoms with van der Waals surface area (Å²) >= 11 is 3.07. The predicted molar refractivity (Wildman–Crippen MR) is 91.5 cm³/mol. The van der Waals surface area contributed by atoms with Crippen LogP contribution >= 0.6 is 28.3 Å². The van der Waals surface area contributed by atoms with E-state index in [0.717, 1.165) is 19.4 Å². The zero-order valence-electron chi connectivity index (χ0n) is 12.6. The second-order valence-electron chi connectivity index (χ2n) is 5.46. The van der Waals surface area contributed by atoms with Gasteiger partial charge >= 0.3 is 0 Å². The number of piperidine rings is 1. The topological polar surface area (TPSA) is 49.4 Å². The van der Waals surface area contributed by atoms with E-state index in [1.807, 2.05) is 7.05 Å². The summed E-state index contributed by atoms with van der Waals surface area (Å²) < 4.78 is 40.8. The third kappa shape index (κ3) is 4.20. The molecule has 1 aromatic carbocycles. The van der Waals surface area contributed by atoms with Gasteiger partial charge in [-0.25, -0.2) is 12.8 Å². The molecule has 126 valence electrons. The molecular formula is C14H21BrClFN2O2S. The van der Waals surface area contributed by atoms with Crippen LogP contribution in [0.4, 0.5) is 4.39 Å². The van der Waals surface area contributed by atoms with Gasteiger partial charge in [0.2, 0.25) is 10.0 Å². The van der Waals surface area contributed by atoms with Crippen molar-refractivity contribution >= 4 is 38.4 Å². The van der Waals surface area contributed by atoms with Gasteiger partial charge in [0.05, 0.1) is 9.37 Å². The molecule has 1 atom stereocenters. The summed E-state index contributed by atoms with van der Waals surface area (Å²) in [6, 6.07) is 2.62. The van der Waals surface area contributed by atoms with Crippen LogP contribution in [0.2, 0.25) is 0 Å². The highest BCUT2D eigenvalue weighted by Gasteiger charge is 2.31. The minimum absolute atomic E-state index is 0. The van der Waals surface area contributed by atoms with Crippen LogP contribution in [0.25, 0.3) is 0 Å². The number of benzene rings is 1. The van der Waals surface area contributed by atoms with Crippen LogP contribution in [0.15, 0.2) is 21.5 Å². The van der Waals surface area contributed by atoms with E-state index in [-0.39, 0.29) is 21.8 Å². The Bertz CT molecular complexity index is 626. The van der Waals surface area contributed by atoms with Crippen LogP contribution < -0.4 is 5.32 Å². The Kier molecular flexibility index (Phi) is 7.26. The molecule has 2 rings (SSSR count). The molecular weight excluding hydrogens is 395 g/mol. The van der Waals surface area contributed by atoms with Gasteiger partial charge in [0.25, 0.3) is 0 Å². The molecule has 1 aliphatic rings. The van der Waals surface area contributed by atoms with E-state index in [9.17, 15) is 12.8 Å². The second-order valence-corrected chi connectivity index (χ2v) is 8.22. The minimum atomic E-state index is -3.57. The van der Waals surface area contributed by atoms with Crippen molar-refractivity contribution in [3.63, 3.8) is 0 Å². The molecule has 8 heteroatoms. The molecule has 4 nitrogen and oxygen atoms in total. The number of halogens is 3. The fraction of sp³-hybridized carbons (Fsp3) is 0.571. The molecule has 0 saturated carbocycles. The summed E-state index contributed by atoms with van der Waals surface area (Å²) in [5.74, 6) is -0.124. The van der Waals surface area contributed by atoms with E-state index >= 15 is 0 Å². The van der Waals surface area contributed by atoms with E-state index in [4.69, 9.17) is 0 Å². The number of nitrogens with zero attached hydrogens (tertiary/aromatic N) is 1. The second kappa shape index (κ2) is 8.06. The summed E-state index contributed by atoms with van der Waals surface area (Å²) in [5.41, 5.74) is 0.437. The lowest BCUT2D eigenvalue weighted by molar-refractivity contribution is 0.263. The number of hydrogen-bond acceptors (Lipinski definition) is 3. The van der Waals surface area contributed by atoms with Gasteiger partial charge < -0.3 is 5.32 Å². The van der Waals surface area contributed by atoms with Crippen molar-refractivity contribution in [3.8, 4) is 0 Å². The first-order chi connectivity index (χ1) is 9.86. The van der Waals surface area contributed by atoms with Gasteiger partial charge in [-0.15, -0.1) is 12.4 Å². The summed E-state index contributed by atoms with van der Waals surface area (Å²) in [7, 11) is -1.70. The summed E-state index contributed by atoms with van der Waals surface area (Å²) in [5, 5.41) is 3.10. The van der Waals surface area contributed by atoms with Gasteiger partial charge in [-0.05, 0) is 72.9 Å². The first-order valence-electron chi connectivity index (χ1n) is 6.96. The van der Waals surface area contributed by atoms with Crippen molar-refractivity contribution in [1.29, 1.82) is 0 Å². The van der Waals surface area contributed by atoms with Crippen LogP contribution in [-0.2, 0) is 10.0 Å². The van der Waals surface area contributed by atoms with Gasteiger partial charge in [0.1, 0.15) is 5.82 Å². The van der Waals surface area contributed by atoms with Gasteiger partial charge in [0.15, 0.2) is 0 Å². The van der Waals surface area contributed by atoms with Crippen LogP contribution in [0.1, 0.15) is 18.4 Å². The zero-order chi connectivity index (χ0) is 15.6. The minimum Gasteiger partial charge on any atom is -0.319 e. The number of sulfonamides is 1. The number of hydrogen-bond donors (Lipinski definition) is 1. The van der Waals surface area contributed by atoms with Crippen molar-refractivity contribution in [2.24, 2.45) is 5.92 Å². The smallest absolute Gasteiger partial charge is 0.243 e. The molecule has 1 aliphatic heterocycles. The van der Waals surface area contributed by atoms with Crippen LogP contribution in [0, 0.1) is 18.7 Å². The third-order valence-corrected chi connectivity index (χ3v) is 6.43.